The lowest BCUT2D eigenvalue weighted by molar-refractivity contribution is -0.297. The molecule has 0 amide bonds. The third-order valence-corrected chi connectivity index (χ3v) is 1.73. The van der Waals surface area contributed by atoms with Crippen molar-refractivity contribution in [1.29, 1.82) is 0 Å². The zero-order valence-corrected chi connectivity index (χ0v) is 7.71. The van der Waals surface area contributed by atoms with Crippen LogP contribution in [0, 0.1) is 0 Å². The van der Waals surface area contributed by atoms with Gasteiger partial charge in [-0.15, -0.1) is 0 Å². The molecular weight excluding hydrogens is 152 g/mol. The highest BCUT2D eigenvalue weighted by Gasteiger charge is 1.85. The number of allylic oxidation sites excluding steroid dienone is 1. The molecule has 2 nitrogen and oxygen atoms in total. The Morgan fingerprint density at radius 1 is 1.25 bits per heavy atom. The molecule has 0 bridgehead atoms. The molecule has 12 heavy (non-hydrogen) atoms. The maximum Gasteiger partial charge on any atom is 0.0639 e. The van der Waals surface area contributed by atoms with E-state index in [-0.39, 0.29) is 0 Å². The van der Waals surface area contributed by atoms with E-state index in [1.54, 1.807) is 6.08 Å². The molecule has 2 heteroatoms. The quantitative estimate of drug-likeness (QED) is 0.429. The van der Waals surface area contributed by atoms with Gasteiger partial charge >= 0.3 is 0 Å². The number of hydrogen-bond donors (Lipinski definition) is 0. The molecule has 0 aromatic heterocycles. The van der Waals surface area contributed by atoms with E-state index in [0.29, 0.717) is 0 Å². The summed E-state index contributed by atoms with van der Waals surface area (Å²) in [6, 6.07) is 0. The Bertz CT molecular complexity index is 139. The Balaban J connectivity index is 3.05. The fourth-order valence-corrected chi connectivity index (χ4v) is 1.05. The molecule has 0 rings (SSSR count). The van der Waals surface area contributed by atoms with Crippen LogP contribution in [-0.4, -0.2) is 5.97 Å². The van der Waals surface area contributed by atoms with E-state index in [1.165, 1.54) is 25.7 Å². The van der Waals surface area contributed by atoms with Crippen LogP contribution in [0.2, 0.25) is 0 Å². The van der Waals surface area contributed by atoms with Gasteiger partial charge in [0, 0.05) is 0 Å². The summed E-state index contributed by atoms with van der Waals surface area (Å²) < 4.78 is 0. The summed E-state index contributed by atoms with van der Waals surface area (Å²) in [7, 11) is 0. The van der Waals surface area contributed by atoms with Crippen molar-refractivity contribution in [2.75, 3.05) is 0 Å². The van der Waals surface area contributed by atoms with Crippen LogP contribution in [0.4, 0.5) is 0 Å². The maximum absolute atomic E-state index is 9.94. The van der Waals surface area contributed by atoms with Gasteiger partial charge in [-0.3, -0.25) is 0 Å². The summed E-state index contributed by atoms with van der Waals surface area (Å²) >= 11 is 0. The van der Waals surface area contributed by atoms with Gasteiger partial charge in [-0.05, 0) is 18.9 Å². The predicted octanol–water partition coefficient (Wildman–Crippen LogP) is 1.65. The Kier molecular flexibility index (Phi) is 7.76. The van der Waals surface area contributed by atoms with Crippen molar-refractivity contribution in [3.8, 4) is 0 Å². The monoisotopic (exact) mass is 169 g/mol. The largest absolute Gasteiger partial charge is 0.545 e. The Morgan fingerprint density at radius 2 is 1.92 bits per heavy atom. The first kappa shape index (κ1) is 11.2. The standard InChI is InChI=1S/C10H18O2/c1-2-3-4-5-6-7-8-9-10(11)12/h8-9H,2-7H2,1H3,(H,11,12)/p-1/b9-8+. The molecule has 0 aliphatic rings. The Morgan fingerprint density at radius 3 is 2.50 bits per heavy atom. The summed E-state index contributed by atoms with van der Waals surface area (Å²) in [6.07, 6.45) is 9.71. The molecule has 0 aliphatic heterocycles. The molecule has 0 atom stereocenters. The molecule has 0 aliphatic carbocycles. The minimum Gasteiger partial charge on any atom is -0.545 e. The van der Waals surface area contributed by atoms with Crippen LogP contribution in [0.15, 0.2) is 12.2 Å². The Hall–Kier alpha value is -0.790. The number of rotatable bonds is 7. The highest BCUT2D eigenvalue weighted by molar-refractivity contribution is 5.77. The molecule has 0 aromatic rings. The van der Waals surface area contributed by atoms with Crippen molar-refractivity contribution in [1.82, 2.24) is 0 Å². The zero-order valence-electron chi connectivity index (χ0n) is 7.71. The van der Waals surface area contributed by atoms with Crippen molar-refractivity contribution in [2.45, 2.75) is 45.4 Å². The topological polar surface area (TPSA) is 40.1 Å². The summed E-state index contributed by atoms with van der Waals surface area (Å²) in [5.41, 5.74) is 0. The van der Waals surface area contributed by atoms with E-state index in [1.807, 2.05) is 0 Å². The molecule has 0 unspecified atom stereocenters. The van der Waals surface area contributed by atoms with Crippen LogP contribution in [0.1, 0.15) is 45.4 Å². The smallest absolute Gasteiger partial charge is 0.0639 e. The predicted molar refractivity (Wildman–Crippen MR) is 47.5 cm³/mol. The lowest BCUT2D eigenvalue weighted by atomic mass is 10.1. The molecule has 0 saturated carbocycles. The van der Waals surface area contributed by atoms with E-state index < -0.39 is 5.97 Å². The molecule has 0 saturated heterocycles. The number of carbonyl (C=O) groups is 1. The third-order valence-electron chi connectivity index (χ3n) is 1.73. The molecule has 0 N–H and O–H groups in total. The number of carbonyl (C=O) groups excluding carboxylic acids is 1. The van der Waals surface area contributed by atoms with Crippen LogP contribution in [-0.2, 0) is 4.79 Å². The van der Waals surface area contributed by atoms with E-state index >= 15 is 0 Å². The number of unbranched alkanes of at least 4 members (excludes halogenated alkanes) is 5. The van der Waals surface area contributed by atoms with Gasteiger partial charge in [-0.25, -0.2) is 0 Å². The van der Waals surface area contributed by atoms with Crippen LogP contribution in [0.3, 0.4) is 0 Å². The van der Waals surface area contributed by atoms with Crippen LogP contribution in [0.5, 0.6) is 0 Å². The normalized spacial score (nSPS) is 10.8. The van der Waals surface area contributed by atoms with Gasteiger partial charge in [0.05, 0.1) is 5.97 Å². The second kappa shape index (κ2) is 8.31. The van der Waals surface area contributed by atoms with Crippen molar-refractivity contribution in [2.24, 2.45) is 0 Å². The lowest BCUT2D eigenvalue weighted by Gasteiger charge is -1.96. The fourth-order valence-electron chi connectivity index (χ4n) is 1.05. The highest BCUT2D eigenvalue weighted by Crippen LogP contribution is 2.04. The molecule has 0 aromatic carbocycles. The van der Waals surface area contributed by atoms with Crippen molar-refractivity contribution >= 4 is 5.97 Å². The van der Waals surface area contributed by atoms with E-state index in [0.717, 1.165) is 18.9 Å². The summed E-state index contributed by atoms with van der Waals surface area (Å²) in [5, 5.41) is 9.94. The first-order valence-electron chi connectivity index (χ1n) is 4.65. The Labute approximate surface area is 74.3 Å². The van der Waals surface area contributed by atoms with Gasteiger partial charge in [0.15, 0.2) is 0 Å². The second-order valence-corrected chi connectivity index (χ2v) is 2.92. The van der Waals surface area contributed by atoms with E-state index in [9.17, 15) is 9.90 Å². The summed E-state index contributed by atoms with van der Waals surface area (Å²) in [4.78, 5) is 9.94. The first-order chi connectivity index (χ1) is 5.77. The summed E-state index contributed by atoms with van der Waals surface area (Å²) in [5.74, 6) is -1.09. The SMILES string of the molecule is CCCCCCC/C=C/C(=O)[O-]. The van der Waals surface area contributed by atoms with Gasteiger partial charge < -0.3 is 9.90 Å². The zero-order chi connectivity index (χ0) is 9.23. The average molecular weight is 169 g/mol. The van der Waals surface area contributed by atoms with Crippen molar-refractivity contribution in [3.63, 3.8) is 0 Å². The van der Waals surface area contributed by atoms with Crippen LogP contribution in [0.25, 0.3) is 0 Å². The van der Waals surface area contributed by atoms with E-state index in [2.05, 4.69) is 6.92 Å². The number of carboxylic acids is 1. The molecule has 70 valence electrons. The average Bonchev–Trinajstić information content (AvgIpc) is 2.02. The highest BCUT2D eigenvalue weighted by atomic mass is 16.4. The fraction of sp³-hybridized carbons (Fsp3) is 0.700. The minimum absolute atomic E-state index is 0.859. The van der Waals surface area contributed by atoms with E-state index in [4.69, 9.17) is 0 Å². The van der Waals surface area contributed by atoms with Crippen LogP contribution < -0.4 is 5.11 Å². The van der Waals surface area contributed by atoms with Gasteiger partial charge in [0.2, 0.25) is 0 Å². The lowest BCUT2D eigenvalue weighted by Crippen LogP contribution is -2.18. The number of aliphatic carboxylic acids is 1. The minimum atomic E-state index is -1.09. The van der Waals surface area contributed by atoms with Crippen molar-refractivity contribution in [3.05, 3.63) is 12.2 Å². The second-order valence-electron chi connectivity index (χ2n) is 2.92. The third kappa shape index (κ3) is 9.21. The molecule has 0 heterocycles. The number of hydrogen-bond acceptors (Lipinski definition) is 2. The van der Waals surface area contributed by atoms with Gasteiger partial charge in [0.1, 0.15) is 0 Å². The van der Waals surface area contributed by atoms with Gasteiger partial charge in [0.25, 0.3) is 0 Å². The van der Waals surface area contributed by atoms with Crippen molar-refractivity contribution < 1.29 is 9.90 Å². The number of carboxylic acid groups (broad SMARTS) is 1. The van der Waals surface area contributed by atoms with Gasteiger partial charge in [-0.2, -0.15) is 0 Å². The molecule has 0 spiro atoms. The molecular formula is C10H17O2-. The van der Waals surface area contributed by atoms with Crippen LogP contribution >= 0.6 is 0 Å². The van der Waals surface area contributed by atoms with Gasteiger partial charge in [-0.1, -0.05) is 38.7 Å². The molecule has 0 radical (unpaired) electrons. The first-order valence-corrected chi connectivity index (χ1v) is 4.65. The summed E-state index contributed by atoms with van der Waals surface area (Å²) in [6.45, 7) is 2.18. The molecule has 0 fully saturated rings. The maximum atomic E-state index is 9.94.